The average molecular weight is 282 g/mol. The first-order valence-electron chi connectivity index (χ1n) is 5.47. The number of pyridine rings is 1. The van der Waals surface area contributed by atoms with Crippen LogP contribution in [0.1, 0.15) is 5.56 Å². The molecular weight excluding hydrogens is 269 g/mol. The molecule has 0 unspecified atom stereocenters. The van der Waals surface area contributed by atoms with Gasteiger partial charge in [-0.2, -0.15) is 0 Å². The highest BCUT2D eigenvalue weighted by atomic mass is 35.5. The van der Waals surface area contributed by atoms with Gasteiger partial charge in [-0.1, -0.05) is 35.3 Å². The Morgan fingerprint density at radius 2 is 1.78 bits per heavy atom. The number of halogens is 2. The molecule has 0 radical (unpaired) electrons. The van der Waals surface area contributed by atoms with E-state index in [2.05, 4.69) is 15.6 Å². The maximum absolute atomic E-state index is 6.11. The van der Waals surface area contributed by atoms with E-state index in [1.54, 1.807) is 13.1 Å². The topological polar surface area (TPSA) is 37.0 Å². The van der Waals surface area contributed by atoms with Gasteiger partial charge in [0, 0.05) is 12.7 Å². The monoisotopic (exact) mass is 281 g/mol. The number of hydrogen-bond acceptors (Lipinski definition) is 3. The maximum Gasteiger partial charge on any atom is 0.151 e. The number of anilines is 3. The zero-order valence-corrected chi connectivity index (χ0v) is 11.6. The van der Waals surface area contributed by atoms with Crippen LogP contribution in [0.5, 0.6) is 0 Å². The van der Waals surface area contributed by atoms with E-state index in [4.69, 9.17) is 23.2 Å². The first kappa shape index (κ1) is 13.0. The summed E-state index contributed by atoms with van der Waals surface area (Å²) in [6.07, 6.45) is 0. The van der Waals surface area contributed by atoms with Gasteiger partial charge >= 0.3 is 0 Å². The minimum Gasteiger partial charge on any atom is -0.372 e. The third-order valence-electron chi connectivity index (χ3n) is 2.45. The van der Waals surface area contributed by atoms with Crippen LogP contribution in [-0.4, -0.2) is 12.0 Å². The van der Waals surface area contributed by atoms with Crippen molar-refractivity contribution in [3.05, 3.63) is 45.9 Å². The minimum atomic E-state index is 0.487. The predicted octanol–water partition coefficient (Wildman–Crippen LogP) is 4.48. The Hall–Kier alpha value is -1.45. The lowest BCUT2D eigenvalue weighted by Gasteiger charge is -2.11. The van der Waals surface area contributed by atoms with E-state index in [1.165, 1.54) is 5.56 Å². The Balaban J connectivity index is 2.34. The van der Waals surface area contributed by atoms with Crippen LogP contribution in [0.4, 0.5) is 17.3 Å². The zero-order chi connectivity index (χ0) is 13.1. The van der Waals surface area contributed by atoms with Crippen molar-refractivity contribution in [2.75, 3.05) is 17.7 Å². The number of nitrogens with one attached hydrogen (secondary N) is 2. The smallest absolute Gasteiger partial charge is 0.151 e. The largest absolute Gasteiger partial charge is 0.372 e. The van der Waals surface area contributed by atoms with Crippen molar-refractivity contribution in [2.45, 2.75) is 6.92 Å². The van der Waals surface area contributed by atoms with Gasteiger partial charge in [-0.05, 0) is 30.7 Å². The van der Waals surface area contributed by atoms with Gasteiger partial charge in [0.25, 0.3) is 0 Å². The molecule has 0 saturated carbocycles. The summed E-state index contributed by atoms with van der Waals surface area (Å²) in [5.74, 6) is 1.17. The van der Waals surface area contributed by atoms with Gasteiger partial charge in [0.05, 0.1) is 10.0 Å². The van der Waals surface area contributed by atoms with Crippen molar-refractivity contribution in [3.63, 3.8) is 0 Å². The Morgan fingerprint density at radius 3 is 2.44 bits per heavy atom. The summed E-state index contributed by atoms with van der Waals surface area (Å²) >= 11 is 12.1. The molecule has 3 nitrogen and oxygen atoms in total. The van der Waals surface area contributed by atoms with E-state index < -0.39 is 0 Å². The van der Waals surface area contributed by atoms with Crippen molar-refractivity contribution in [1.82, 2.24) is 4.98 Å². The maximum atomic E-state index is 6.11. The number of aryl methyl sites for hydroxylation is 1. The molecule has 94 valence electrons. The second-order valence-electron chi connectivity index (χ2n) is 3.89. The number of benzene rings is 1. The Bertz CT molecular complexity index is 570. The minimum absolute atomic E-state index is 0.487. The van der Waals surface area contributed by atoms with Gasteiger partial charge in [0.1, 0.15) is 5.82 Å². The molecule has 0 atom stereocenters. The van der Waals surface area contributed by atoms with Crippen LogP contribution in [-0.2, 0) is 0 Å². The predicted molar refractivity (Wildman–Crippen MR) is 78.3 cm³/mol. The van der Waals surface area contributed by atoms with Gasteiger partial charge < -0.3 is 10.6 Å². The quantitative estimate of drug-likeness (QED) is 0.871. The van der Waals surface area contributed by atoms with Crippen molar-refractivity contribution in [2.24, 2.45) is 0 Å². The van der Waals surface area contributed by atoms with Gasteiger partial charge in [-0.25, -0.2) is 4.98 Å². The summed E-state index contributed by atoms with van der Waals surface area (Å²) in [7, 11) is 1.76. The lowest BCUT2D eigenvalue weighted by atomic mass is 10.2. The molecule has 2 N–H and O–H groups in total. The molecule has 18 heavy (non-hydrogen) atoms. The first-order valence-corrected chi connectivity index (χ1v) is 6.23. The fraction of sp³-hybridized carbons (Fsp3) is 0.154. The lowest BCUT2D eigenvalue weighted by molar-refractivity contribution is 1.27. The van der Waals surface area contributed by atoms with Crippen molar-refractivity contribution >= 4 is 40.5 Å². The van der Waals surface area contributed by atoms with Crippen molar-refractivity contribution in [3.8, 4) is 0 Å². The van der Waals surface area contributed by atoms with E-state index in [0.717, 1.165) is 5.69 Å². The van der Waals surface area contributed by atoms with Crippen molar-refractivity contribution < 1.29 is 0 Å². The molecule has 1 aromatic carbocycles. The summed E-state index contributed by atoms with van der Waals surface area (Å²) < 4.78 is 0. The summed E-state index contributed by atoms with van der Waals surface area (Å²) in [5.41, 5.74) is 2.10. The summed E-state index contributed by atoms with van der Waals surface area (Å²) in [6, 6.07) is 9.64. The van der Waals surface area contributed by atoms with Crippen LogP contribution in [0.25, 0.3) is 0 Å². The van der Waals surface area contributed by atoms with Crippen LogP contribution in [0.2, 0.25) is 10.0 Å². The van der Waals surface area contributed by atoms with E-state index in [0.29, 0.717) is 21.7 Å². The number of rotatable bonds is 3. The molecule has 0 fully saturated rings. The van der Waals surface area contributed by atoms with Crippen LogP contribution in [0.3, 0.4) is 0 Å². The second kappa shape index (κ2) is 5.46. The molecule has 0 spiro atoms. The van der Waals surface area contributed by atoms with Crippen LogP contribution < -0.4 is 10.6 Å². The van der Waals surface area contributed by atoms with Gasteiger partial charge in [0.15, 0.2) is 5.82 Å². The number of nitrogens with zero attached hydrogens (tertiary/aromatic N) is 1. The normalized spacial score (nSPS) is 10.2. The molecule has 1 heterocycles. The standard InChI is InChI=1S/C13H13Cl2N3/c1-8-4-3-5-9(6-8)17-13-11(15)7-10(14)12(16-2)18-13/h3-7H,1-2H3,(H2,16,17,18). The Labute approximate surface area is 116 Å². The van der Waals surface area contributed by atoms with Crippen molar-refractivity contribution in [1.29, 1.82) is 0 Å². The lowest BCUT2D eigenvalue weighted by Crippen LogP contribution is -1.99. The van der Waals surface area contributed by atoms with E-state index in [-0.39, 0.29) is 0 Å². The highest BCUT2D eigenvalue weighted by Gasteiger charge is 2.08. The number of hydrogen-bond donors (Lipinski definition) is 2. The fourth-order valence-electron chi connectivity index (χ4n) is 1.59. The summed E-state index contributed by atoms with van der Waals surface area (Å²) in [4.78, 5) is 4.33. The van der Waals surface area contributed by atoms with Gasteiger partial charge in [-0.15, -0.1) is 0 Å². The Kier molecular flexibility index (Phi) is 3.94. The molecule has 1 aromatic heterocycles. The molecule has 0 aliphatic carbocycles. The molecule has 0 saturated heterocycles. The Morgan fingerprint density at radius 1 is 1.06 bits per heavy atom. The fourth-order valence-corrected chi connectivity index (χ4v) is 2.09. The molecular formula is C13H13Cl2N3. The van der Waals surface area contributed by atoms with Crippen LogP contribution in [0, 0.1) is 6.92 Å². The molecule has 2 aromatic rings. The molecule has 2 rings (SSSR count). The molecule has 0 amide bonds. The third-order valence-corrected chi connectivity index (χ3v) is 3.02. The van der Waals surface area contributed by atoms with E-state index >= 15 is 0 Å². The second-order valence-corrected chi connectivity index (χ2v) is 4.71. The van der Waals surface area contributed by atoms with Gasteiger partial charge in [-0.3, -0.25) is 0 Å². The van der Waals surface area contributed by atoms with E-state index in [9.17, 15) is 0 Å². The molecule has 0 bridgehead atoms. The van der Waals surface area contributed by atoms with Crippen LogP contribution in [0.15, 0.2) is 30.3 Å². The molecule has 5 heteroatoms. The zero-order valence-electron chi connectivity index (χ0n) is 10.1. The summed E-state index contributed by atoms with van der Waals surface area (Å²) in [6.45, 7) is 2.03. The molecule has 0 aliphatic heterocycles. The average Bonchev–Trinajstić information content (AvgIpc) is 2.33. The van der Waals surface area contributed by atoms with E-state index in [1.807, 2.05) is 31.2 Å². The van der Waals surface area contributed by atoms with Gasteiger partial charge in [0.2, 0.25) is 0 Å². The third kappa shape index (κ3) is 2.86. The highest BCUT2D eigenvalue weighted by Crippen LogP contribution is 2.30. The SMILES string of the molecule is CNc1nc(Nc2cccc(C)c2)c(Cl)cc1Cl. The van der Waals surface area contributed by atoms with Crippen LogP contribution >= 0.6 is 23.2 Å². The molecule has 0 aliphatic rings. The number of aromatic nitrogens is 1. The highest BCUT2D eigenvalue weighted by molar-refractivity contribution is 6.37. The first-order chi connectivity index (χ1) is 8.60. The summed E-state index contributed by atoms with van der Waals surface area (Å²) in [5, 5.41) is 7.08.